The maximum absolute atomic E-state index is 12.6. The third-order valence-electron chi connectivity index (χ3n) is 2.03. The third kappa shape index (κ3) is 3.92. The molecule has 0 heterocycles. The molecule has 0 aliphatic carbocycles. The van der Waals surface area contributed by atoms with Gasteiger partial charge in [0.15, 0.2) is 5.12 Å². The van der Waals surface area contributed by atoms with Crippen molar-refractivity contribution in [1.82, 2.24) is 0 Å². The van der Waals surface area contributed by atoms with E-state index in [4.69, 9.17) is 0 Å². The summed E-state index contributed by atoms with van der Waals surface area (Å²) in [6.45, 7) is 1.39. The zero-order chi connectivity index (χ0) is 12.1. The first-order valence-corrected chi connectivity index (χ1v) is 5.74. The summed E-state index contributed by atoms with van der Waals surface area (Å²) in [5.41, 5.74) is 0.429. The average molecular weight is 244 g/mol. The summed E-state index contributed by atoms with van der Waals surface area (Å²) >= 11 is 0.943. The minimum absolute atomic E-state index is 0.119. The number of benzene rings is 1. The number of thioether (sulfide) groups is 1. The summed E-state index contributed by atoms with van der Waals surface area (Å²) in [5, 5.41) is 19.1. The van der Waals surface area contributed by atoms with Crippen LogP contribution in [0.5, 0.6) is 0 Å². The van der Waals surface area contributed by atoms with Crippen molar-refractivity contribution in [3.8, 4) is 0 Å². The van der Waals surface area contributed by atoms with Gasteiger partial charge < -0.3 is 10.2 Å². The molecule has 2 atom stereocenters. The van der Waals surface area contributed by atoms with Crippen molar-refractivity contribution in [2.24, 2.45) is 0 Å². The number of carbonyl (C=O) groups excluding carboxylic acids is 1. The van der Waals surface area contributed by atoms with Crippen LogP contribution in [0.3, 0.4) is 0 Å². The number of rotatable bonds is 4. The molecule has 2 unspecified atom stereocenters. The second kappa shape index (κ2) is 5.98. The highest BCUT2D eigenvalue weighted by Gasteiger charge is 2.18. The van der Waals surface area contributed by atoms with Gasteiger partial charge in [0.2, 0.25) is 0 Å². The fourth-order valence-corrected chi connectivity index (χ4v) is 1.76. The van der Waals surface area contributed by atoms with E-state index in [9.17, 15) is 19.4 Å². The quantitative estimate of drug-likeness (QED) is 0.842. The standard InChI is InChI=1S/C11H13FO3S/c1-7(13)16-6-10(14)11(15)8-2-4-9(12)5-3-8/h2-5,10-11,14-15H,6H2,1H3. The Morgan fingerprint density at radius 1 is 1.38 bits per heavy atom. The Morgan fingerprint density at radius 2 is 1.94 bits per heavy atom. The van der Waals surface area contributed by atoms with Crippen molar-refractivity contribution in [2.75, 3.05) is 5.75 Å². The van der Waals surface area contributed by atoms with Gasteiger partial charge in [0.1, 0.15) is 11.9 Å². The van der Waals surface area contributed by atoms with E-state index >= 15 is 0 Å². The van der Waals surface area contributed by atoms with Crippen molar-refractivity contribution in [3.63, 3.8) is 0 Å². The van der Waals surface area contributed by atoms with Gasteiger partial charge in [-0.15, -0.1) is 0 Å². The minimum atomic E-state index is -1.10. The van der Waals surface area contributed by atoms with E-state index in [1.165, 1.54) is 31.2 Å². The molecule has 0 saturated heterocycles. The molecule has 0 fully saturated rings. The maximum atomic E-state index is 12.6. The molecule has 1 rings (SSSR count). The normalized spacial score (nSPS) is 14.5. The second-order valence-corrected chi connectivity index (χ2v) is 4.56. The van der Waals surface area contributed by atoms with Crippen molar-refractivity contribution in [2.45, 2.75) is 19.1 Å². The molecule has 0 bridgehead atoms. The first-order chi connectivity index (χ1) is 7.50. The highest BCUT2D eigenvalue weighted by atomic mass is 32.2. The molecule has 0 radical (unpaired) electrons. The van der Waals surface area contributed by atoms with Crippen LogP contribution in [0, 0.1) is 5.82 Å². The fraction of sp³-hybridized carbons (Fsp3) is 0.364. The van der Waals surface area contributed by atoms with Gasteiger partial charge in [-0.25, -0.2) is 4.39 Å². The molecule has 3 nitrogen and oxygen atoms in total. The van der Waals surface area contributed by atoms with Crippen LogP contribution in [0.4, 0.5) is 4.39 Å². The van der Waals surface area contributed by atoms with E-state index < -0.39 is 18.0 Å². The van der Waals surface area contributed by atoms with E-state index in [0.29, 0.717) is 5.56 Å². The molecular formula is C11H13FO3S. The average Bonchev–Trinajstić information content (AvgIpc) is 2.26. The number of hydrogen-bond donors (Lipinski definition) is 2. The lowest BCUT2D eigenvalue weighted by Crippen LogP contribution is -2.21. The molecule has 0 aromatic heterocycles. The van der Waals surface area contributed by atoms with E-state index in [2.05, 4.69) is 0 Å². The molecule has 1 aromatic carbocycles. The third-order valence-corrected chi connectivity index (χ3v) is 2.95. The maximum Gasteiger partial charge on any atom is 0.185 e. The summed E-state index contributed by atoms with van der Waals surface area (Å²) in [5.74, 6) is -0.281. The topological polar surface area (TPSA) is 57.5 Å². The zero-order valence-corrected chi connectivity index (χ0v) is 9.58. The van der Waals surface area contributed by atoms with Crippen molar-refractivity contribution in [3.05, 3.63) is 35.6 Å². The first kappa shape index (κ1) is 13.2. The van der Waals surface area contributed by atoms with E-state index in [1.807, 2.05) is 0 Å². The lowest BCUT2D eigenvalue weighted by Gasteiger charge is -2.17. The van der Waals surface area contributed by atoms with Crippen LogP contribution in [-0.4, -0.2) is 27.2 Å². The lowest BCUT2D eigenvalue weighted by molar-refractivity contribution is -0.109. The molecular weight excluding hydrogens is 231 g/mol. The Labute approximate surface area is 97.3 Å². The molecule has 5 heteroatoms. The van der Waals surface area contributed by atoms with Crippen LogP contribution in [0.1, 0.15) is 18.6 Å². The van der Waals surface area contributed by atoms with Gasteiger partial charge in [-0.1, -0.05) is 23.9 Å². The summed E-state index contributed by atoms with van der Waals surface area (Å²) in [4.78, 5) is 10.7. The fourth-order valence-electron chi connectivity index (χ4n) is 1.18. The molecule has 0 aliphatic heterocycles. The number of halogens is 1. The van der Waals surface area contributed by atoms with Crippen LogP contribution >= 0.6 is 11.8 Å². The van der Waals surface area contributed by atoms with Gasteiger partial charge in [0, 0.05) is 12.7 Å². The van der Waals surface area contributed by atoms with E-state index in [-0.39, 0.29) is 10.9 Å². The van der Waals surface area contributed by atoms with Gasteiger partial charge >= 0.3 is 0 Å². The van der Waals surface area contributed by atoms with Crippen LogP contribution < -0.4 is 0 Å². The molecule has 0 aliphatic rings. The summed E-state index contributed by atoms with van der Waals surface area (Å²) < 4.78 is 12.6. The first-order valence-electron chi connectivity index (χ1n) is 4.75. The predicted molar refractivity (Wildman–Crippen MR) is 60.5 cm³/mol. The van der Waals surface area contributed by atoms with Crippen LogP contribution in [0.15, 0.2) is 24.3 Å². The highest BCUT2D eigenvalue weighted by molar-refractivity contribution is 8.13. The van der Waals surface area contributed by atoms with Gasteiger partial charge in [-0.05, 0) is 17.7 Å². The van der Waals surface area contributed by atoms with Crippen molar-refractivity contribution in [1.29, 1.82) is 0 Å². The van der Waals surface area contributed by atoms with Crippen LogP contribution in [0.25, 0.3) is 0 Å². The van der Waals surface area contributed by atoms with Crippen LogP contribution in [-0.2, 0) is 4.79 Å². The van der Waals surface area contributed by atoms with Gasteiger partial charge in [-0.2, -0.15) is 0 Å². The molecule has 0 amide bonds. The molecule has 1 aromatic rings. The Hall–Kier alpha value is -0.910. The SMILES string of the molecule is CC(=O)SCC(O)C(O)c1ccc(F)cc1. The minimum Gasteiger partial charge on any atom is -0.389 e. The van der Waals surface area contributed by atoms with Gasteiger partial charge in [0.25, 0.3) is 0 Å². The molecule has 0 saturated carbocycles. The lowest BCUT2D eigenvalue weighted by atomic mass is 10.1. The Bertz CT molecular complexity index is 353. The Balaban J connectivity index is 2.59. The van der Waals surface area contributed by atoms with Crippen LogP contribution in [0.2, 0.25) is 0 Å². The molecule has 88 valence electrons. The summed E-state index contributed by atoms with van der Waals surface area (Å²) in [7, 11) is 0. The second-order valence-electron chi connectivity index (χ2n) is 3.37. The molecule has 2 N–H and O–H groups in total. The largest absolute Gasteiger partial charge is 0.389 e. The molecule has 0 spiro atoms. The highest BCUT2D eigenvalue weighted by Crippen LogP contribution is 2.20. The van der Waals surface area contributed by atoms with Gasteiger partial charge in [-0.3, -0.25) is 4.79 Å². The van der Waals surface area contributed by atoms with Gasteiger partial charge in [0.05, 0.1) is 6.10 Å². The number of carbonyl (C=O) groups is 1. The van der Waals surface area contributed by atoms with Crippen molar-refractivity contribution >= 4 is 16.9 Å². The summed E-state index contributed by atoms with van der Waals surface area (Å²) in [6, 6.07) is 5.23. The zero-order valence-electron chi connectivity index (χ0n) is 8.76. The monoisotopic (exact) mass is 244 g/mol. The summed E-state index contributed by atoms with van der Waals surface area (Å²) in [6.07, 6.45) is -2.15. The Kier molecular flexibility index (Phi) is 4.92. The molecule has 16 heavy (non-hydrogen) atoms. The smallest absolute Gasteiger partial charge is 0.185 e. The number of aliphatic hydroxyl groups excluding tert-OH is 2. The number of hydrogen-bond acceptors (Lipinski definition) is 4. The van der Waals surface area contributed by atoms with E-state index in [0.717, 1.165) is 11.8 Å². The van der Waals surface area contributed by atoms with E-state index in [1.54, 1.807) is 0 Å². The van der Waals surface area contributed by atoms with Crippen molar-refractivity contribution < 1.29 is 19.4 Å². The Morgan fingerprint density at radius 3 is 2.44 bits per heavy atom. The predicted octanol–water partition coefficient (Wildman–Crippen LogP) is 1.50. The number of aliphatic hydroxyl groups is 2.